The molecule has 1 fully saturated rings. The molecular formula is C19H24ClN3O3. The van der Waals surface area contributed by atoms with Crippen molar-refractivity contribution < 1.29 is 4.79 Å². The Kier molecular flexibility index (Phi) is 5.81. The van der Waals surface area contributed by atoms with Crippen molar-refractivity contribution in [2.75, 3.05) is 0 Å². The molecule has 0 saturated heterocycles. The van der Waals surface area contributed by atoms with Crippen LogP contribution in [0.15, 0.2) is 27.8 Å². The van der Waals surface area contributed by atoms with Crippen LogP contribution in [0.2, 0.25) is 5.02 Å². The molecule has 2 aromatic rings. The lowest BCUT2D eigenvalue weighted by atomic mass is 9.87. The van der Waals surface area contributed by atoms with Gasteiger partial charge in [0.15, 0.2) is 0 Å². The third-order valence-corrected chi connectivity index (χ3v) is 5.35. The van der Waals surface area contributed by atoms with Crippen LogP contribution in [0.25, 0.3) is 10.9 Å². The van der Waals surface area contributed by atoms with E-state index in [9.17, 15) is 14.4 Å². The summed E-state index contributed by atoms with van der Waals surface area (Å²) in [5.74, 6) is 0.728. The Balaban J connectivity index is 1.59. The van der Waals surface area contributed by atoms with Gasteiger partial charge in [0.2, 0.25) is 5.91 Å². The van der Waals surface area contributed by atoms with E-state index >= 15 is 0 Å². The highest BCUT2D eigenvalue weighted by molar-refractivity contribution is 6.31. The molecule has 2 N–H and O–H groups in total. The highest BCUT2D eigenvalue weighted by Crippen LogP contribution is 2.23. The Morgan fingerprint density at radius 3 is 2.73 bits per heavy atom. The van der Waals surface area contributed by atoms with Gasteiger partial charge in [-0.1, -0.05) is 18.5 Å². The van der Waals surface area contributed by atoms with Gasteiger partial charge in [0.25, 0.3) is 5.56 Å². The summed E-state index contributed by atoms with van der Waals surface area (Å²) in [7, 11) is 0. The van der Waals surface area contributed by atoms with Crippen molar-refractivity contribution in [3.05, 3.63) is 44.1 Å². The van der Waals surface area contributed by atoms with Crippen molar-refractivity contribution in [2.24, 2.45) is 5.92 Å². The lowest BCUT2D eigenvalue weighted by Gasteiger charge is -2.26. The van der Waals surface area contributed by atoms with Crippen LogP contribution in [0.5, 0.6) is 0 Å². The second kappa shape index (κ2) is 8.08. The number of nitrogens with one attached hydrogen (secondary N) is 2. The molecule has 1 aliphatic carbocycles. The fourth-order valence-electron chi connectivity index (χ4n) is 3.53. The molecule has 26 heavy (non-hydrogen) atoms. The Labute approximate surface area is 156 Å². The number of halogens is 1. The second-order valence-electron chi connectivity index (χ2n) is 7.20. The number of rotatable bonds is 5. The summed E-state index contributed by atoms with van der Waals surface area (Å²) >= 11 is 5.89. The third-order valence-electron chi connectivity index (χ3n) is 5.11. The minimum absolute atomic E-state index is 0.0124. The number of amides is 1. The Bertz CT molecular complexity index is 910. The monoisotopic (exact) mass is 377 g/mol. The molecular weight excluding hydrogens is 354 g/mol. The van der Waals surface area contributed by atoms with E-state index in [0.29, 0.717) is 28.8 Å². The predicted molar refractivity (Wildman–Crippen MR) is 103 cm³/mol. The summed E-state index contributed by atoms with van der Waals surface area (Å²) in [4.78, 5) is 39.4. The standard InChI is InChI=1S/C19H24ClN3O3/c1-12-4-7-14(8-5-12)21-17(24)3-2-10-23-18(25)15-9-6-13(20)11-16(15)22-19(23)26/h6,9,11-12,14H,2-5,7-8,10H2,1H3,(H,21,24)(H,22,26). The van der Waals surface area contributed by atoms with Crippen molar-refractivity contribution in [2.45, 2.75) is 58.0 Å². The second-order valence-corrected chi connectivity index (χ2v) is 7.64. The van der Waals surface area contributed by atoms with Crippen LogP contribution < -0.4 is 16.6 Å². The highest BCUT2D eigenvalue weighted by atomic mass is 35.5. The first-order chi connectivity index (χ1) is 12.4. The number of aromatic nitrogens is 2. The zero-order valence-corrected chi connectivity index (χ0v) is 15.6. The minimum Gasteiger partial charge on any atom is -0.353 e. The van der Waals surface area contributed by atoms with Crippen molar-refractivity contribution in [3.8, 4) is 0 Å². The predicted octanol–water partition coefficient (Wildman–Crippen LogP) is 2.82. The summed E-state index contributed by atoms with van der Waals surface area (Å²) in [5.41, 5.74) is -0.415. The van der Waals surface area contributed by atoms with Gasteiger partial charge in [0, 0.05) is 24.0 Å². The molecule has 3 rings (SSSR count). The van der Waals surface area contributed by atoms with E-state index < -0.39 is 5.69 Å². The lowest BCUT2D eigenvalue weighted by Crippen LogP contribution is -2.38. The maximum atomic E-state index is 12.5. The van der Waals surface area contributed by atoms with Crippen LogP contribution in [0.4, 0.5) is 0 Å². The number of benzene rings is 1. The van der Waals surface area contributed by atoms with Gasteiger partial charge in [-0.25, -0.2) is 4.79 Å². The molecule has 1 saturated carbocycles. The average Bonchev–Trinajstić information content (AvgIpc) is 2.59. The molecule has 0 spiro atoms. The normalized spacial score (nSPS) is 20.2. The number of carbonyl (C=O) groups is 1. The highest BCUT2D eigenvalue weighted by Gasteiger charge is 2.19. The van der Waals surface area contributed by atoms with E-state index in [0.717, 1.165) is 36.2 Å². The number of fused-ring (bicyclic) bond motifs is 1. The fourth-order valence-corrected chi connectivity index (χ4v) is 3.70. The van der Waals surface area contributed by atoms with Crippen LogP contribution in [0, 0.1) is 5.92 Å². The number of carbonyl (C=O) groups excluding carboxylic acids is 1. The van der Waals surface area contributed by atoms with Crippen LogP contribution in [0.3, 0.4) is 0 Å². The fraction of sp³-hybridized carbons (Fsp3) is 0.526. The number of aromatic amines is 1. The molecule has 1 aromatic heterocycles. The van der Waals surface area contributed by atoms with Crippen LogP contribution in [-0.4, -0.2) is 21.5 Å². The average molecular weight is 378 g/mol. The molecule has 140 valence electrons. The van der Waals surface area contributed by atoms with Gasteiger partial charge >= 0.3 is 5.69 Å². The van der Waals surface area contributed by atoms with E-state index in [4.69, 9.17) is 11.6 Å². The maximum Gasteiger partial charge on any atom is 0.328 e. The quantitative estimate of drug-likeness (QED) is 0.840. The Morgan fingerprint density at radius 1 is 1.27 bits per heavy atom. The molecule has 0 aliphatic heterocycles. The summed E-state index contributed by atoms with van der Waals surface area (Å²) in [6.45, 7) is 2.45. The molecule has 0 bridgehead atoms. The van der Waals surface area contributed by atoms with Gasteiger partial charge in [0.1, 0.15) is 0 Å². The molecule has 0 atom stereocenters. The third kappa shape index (κ3) is 4.36. The zero-order chi connectivity index (χ0) is 18.7. The molecule has 1 amide bonds. The van der Waals surface area contributed by atoms with Gasteiger partial charge in [0.05, 0.1) is 10.9 Å². The lowest BCUT2D eigenvalue weighted by molar-refractivity contribution is -0.122. The first kappa shape index (κ1) is 18.7. The molecule has 0 radical (unpaired) electrons. The Morgan fingerprint density at radius 2 is 2.00 bits per heavy atom. The zero-order valence-electron chi connectivity index (χ0n) is 14.9. The van der Waals surface area contributed by atoms with Gasteiger partial charge < -0.3 is 10.3 Å². The summed E-state index contributed by atoms with van der Waals surface area (Å²) in [5, 5.41) is 3.93. The van der Waals surface area contributed by atoms with Crippen molar-refractivity contribution >= 4 is 28.4 Å². The first-order valence-electron chi connectivity index (χ1n) is 9.16. The van der Waals surface area contributed by atoms with E-state index in [1.54, 1.807) is 18.2 Å². The number of nitrogens with zero attached hydrogens (tertiary/aromatic N) is 1. The molecule has 1 aromatic carbocycles. The summed E-state index contributed by atoms with van der Waals surface area (Å²) in [6, 6.07) is 5.04. The van der Waals surface area contributed by atoms with Gasteiger partial charge in [-0.3, -0.25) is 14.2 Å². The summed E-state index contributed by atoms with van der Waals surface area (Å²) in [6.07, 6.45) is 5.10. The van der Waals surface area contributed by atoms with E-state index in [1.165, 1.54) is 0 Å². The smallest absolute Gasteiger partial charge is 0.328 e. The minimum atomic E-state index is -0.480. The molecule has 7 heteroatoms. The number of hydrogen-bond acceptors (Lipinski definition) is 3. The van der Waals surface area contributed by atoms with Crippen molar-refractivity contribution in [3.63, 3.8) is 0 Å². The molecule has 6 nitrogen and oxygen atoms in total. The van der Waals surface area contributed by atoms with E-state index in [-0.39, 0.29) is 24.1 Å². The van der Waals surface area contributed by atoms with Crippen molar-refractivity contribution in [1.29, 1.82) is 0 Å². The van der Waals surface area contributed by atoms with E-state index in [2.05, 4.69) is 17.2 Å². The SMILES string of the molecule is CC1CCC(NC(=O)CCCn2c(=O)[nH]c3cc(Cl)ccc3c2=O)CC1. The van der Waals surface area contributed by atoms with Gasteiger partial charge in [-0.05, 0) is 56.2 Å². The summed E-state index contributed by atoms with van der Waals surface area (Å²) < 4.78 is 1.14. The largest absolute Gasteiger partial charge is 0.353 e. The number of H-pyrrole nitrogens is 1. The van der Waals surface area contributed by atoms with E-state index in [1.807, 2.05) is 0 Å². The van der Waals surface area contributed by atoms with Crippen LogP contribution in [-0.2, 0) is 11.3 Å². The molecule has 1 aliphatic rings. The first-order valence-corrected chi connectivity index (χ1v) is 9.53. The maximum absolute atomic E-state index is 12.5. The topological polar surface area (TPSA) is 84.0 Å². The van der Waals surface area contributed by atoms with Crippen LogP contribution in [0.1, 0.15) is 45.4 Å². The van der Waals surface area contributed by atoms with Gasteiger partial charge in [-0.15, -0.1) is 0 Å². The molecule has 1 heterocycles. The number of hydrogen-bond donors (Lipinski definition) is 2. The van der Waals surface area contributed by atoms with Crippen LogP contribution >= 0.6 is 11.6 Å². The Hall–Kier alpha value is -2.08. The van der Waals surface area contributed by atoms with Crippen molar-refractivity contribution in [1.82, 2.24) is 14.9 Å². The molecule has 0 unspecified atom stereocenters. The van der Waals surface area contributed by atoms with Gasteiger partial charge in [-0.2, -0.15) is 0 Å².